The van der Waals surface area contributed by atoms with Crippen LogP contribution in [0.3, 0.4) is 0 Å². The number of hydrogen-bond acceptors (Lipinski definition) is 3. The number of rotatable bonds is 8. The molecule has 0 saturated heterocycles. The van der Waals surface area contributed by atoms with Crippen LogP contribution in [0.4, 0.5) is 5.69 Å². The van der Waals surface area contributed by atoms with Crippen molar-refractivity contribution in [3.8, 4) is 0 Å². The second kappa shape index (κ2) is 7.79. The molecule has 0 bridgehead atoms. The molecular weight excluding hydrogens is 242 g/mol. The molecule has 19 heavy (non-hydrogen) atoms. The molecule has 1 unspecified atom stereocenters. The Morgan fingerprint density at radius 1 is 1.42 bits per heavy atom. The molecule has 0 radical (unpaired) electrons. The van der Waals surface area contributed by atoms with Gasteiger partial charge in [-0.25, -0.2) is 0 Å². The van der Waals surface area contributed by atoms with Crippen LogP contribution in [0.15, 0.2) is 24.3 Å². The first-order valence-electron chi connectivity index (χ1n) is 6.68. The van der Waals surface area contributed by atoms with E-state index in [1.54, 1.807) is 0 Å². The zero-order valence-corrected chi connectivity index (χ0v) is 11.9. The van der Waals surface area contributed by atoms with Gasteiger partial charge in [-0.05, 0) is 32.4 Å². The summed E-state index contributed by atoms with van der Waals surface area (Å²) < 4.78 is 5.46. The van der Waals surface area contributed by atoms with E-state index in [1.165, 1.54) is 0 Å². The number of aryl methyl sites for hydroxylation is 1. The number of anilines is 1. The molecule has 0 heterocycles. The maximum absolute atomic E-state index is 10.8. The van der Waals surface area contributed by atoms with Gasteiger partial charge in [0.05, 0.1) is 13.0 Å². The molecular formula is C15H23NO3. The molecule has 0 aromatic heterocycles. The summed E-state index contributed by atoms with van der Waals surface area (Å²) in [6, 6.07) is 8.18. The van der Waals surface area contributed by atoms with Crippen molar-refractivity contribution >= 4 is 11.7 Å². The lowest BCUT2D eigenvalue weighted by atomic mass is 10.1. The maximum atomic E-state index is 10.8. The Hall–Kier alpha value is -1.55. The van der Waals surface area contributed by atoms with Crippen LogP contribution >= 0.6 is 0 Å². The van der Waals surface area contributed by atoms with Gasteiger partial charge in [-0.1, -0.05) is 18.2 Å². The van der Waals surface area contributed by atoms with Crippen LogP contribution in [0.1, 0.15) is 25.8 Å². The SMILES string of the molecule is CCOCC(C)N(CCC(=O)O)c1ccccc1C. The number of hydrogen-bond donors (Lipinski definition) is 1. The number of carboxylic acids is 1. The third-order valence-corrected chi connectivity index (χ3v) is 3.09. The Kier molecular flexibility index (Phi) is 6.36. The van der Waals surface area contributed by atoms with E-state index < -0.39 is 5.97 Å². The monoisotopic (exact) mass is 265 g/mol. The highest BCUT2D eigenvalue weighted by Gasteiger charge is 2.17. The molecule has 1 rings (SSSR count). The summed E-state index contributed by atoms with van der Waals surface area (Å²) >= 11 is 0. The van der Waals surface area contributed by atoms with Crippen molar-refractivity contribution in [1.29, 1.82) is 0 Å². The lowest BCUT2D eigenvalue weighted by Crippen LogP contribution is -2.38. The Bertz CT molecular complexity index is 406. The second-order valence-corrected chi connectivity index (χ2v) is 4.63. The highest BCUT2D eigenvalue weighted by atomic mass is 16.5. The van der Waals surface area contributed by atoms with E-state index in [0.717, 1.165) is 11.3 Å². The van der Waals surface area contributed by atoms with Gasteiger partial charge in [-0.15, -0.1) is 0 Å². The molecule has 0 amide bonds. The maximum Gasteiger partial charge on any atom is 0.305 e. The first-order valence-corrected chi connectivity index (χ1v) is 6.68. The molecule has 4 heteroatoms. The number of nitrogens with zero attached hydrogens (tertiary/aromatic N) is 1. The number of carboxylic acid groups (broad SMARTS) is 1. The number of carbonyl (C=O) groups is 1. The first kappa shape index (κ1) is 15.5. The third kappa shape index (κ3) is 4.91. The predicted octanol–water partition coefficient (Wildman–Crippen LogP) is 2.70. The van der Waals surface area contributed by atoms with Crippen molar-refractivity contribution in [3.05, 3.63) is 29.8 Å². The lowest BCUT2D eigenvalue weighted by Gasteiger charge is -2.32. The molecule has 0 fully saturated rings. The van der Waals surface area contributed by atoms with E-state index in [4.69, 9.17) is 9.84 Å². The minimum Gasteiger partial charge on any atom is -0.481 e. The largest absolute Gasteiger partial charge is 0.481 e. The molecule has 0 aliphatic carbocycles. The van der Waals surface area contributed by atoms with Crippen LogP contribution in [0, 0.1) is 6.92 Å². The Morgan fingerprint density at radius 2 is 2.11 bits per heavy atom. The first-order chi connectivity index (χ1) is 9.06. The number of benzene rings is 1. The van der Waals surface area contributed by atoms with Crippen molar-refractivity contribution < 1.29 is 14.6 Å². The zero-order valence-electron chi connectivity index (χ0n) is 11.9. The van der Waals surface area contributed by atoms with E-state index >= 15 is 0 Å². The summed E-state index contributed by atoms with van der Waals surface area (Å²) in [5.74, 6) is -0.776. The van der Waals surface area contributed by atoms with Crippen molar-refractivity contribution in [1.82, 2.24) is 0 Å². The van der Waals surface area contributed by atoms with Gasteiger partial charge in [0.2, 0.25) is 0 Å². The van der Waals surface area contributed by atoms with Gasteiger partial charge in [0.1, 0.15) is 0 Å². The van der Waals surface area contributed by atoms with Gasteiger partial charge in [-0.3, -0.25) is 4.79 Å². The summed E-state index contributed by atoms with van der Waals surface area (Å²) in [6.07, 6.45) is 0.130. The minimum absolute atomic E-state index is 0.130. The highest BCUT2D eigenvalue weighted by molar-refractivity contribution is 5.68. The smallest absolute Gasteiger partial charge is 0.305 e. The summed E-state index contributed by atoms with van der Waals surface area (Å²) in [7, 11) is 0. The van der Waals surface area contributed by atoms with E-state index in [9.17, 15) is 4.79 Å². The van der Waals surface area contributed by atoms with Gasteiger partial charge >= 0.3 is 5.97 Å². The average molecular weight is 265 g/mol. The van der Waals surface area contributed by atoms with Crippen LogP contribution in [0.25, 0.3) is 0 Å². The second-order valence-electron chi connectivity index (χ2n) is 4.63. The van der Waals surface area contributed by atoms with Crippen molar-refractivity contribution in [3.63, 3.8) is 0 Å². The fourth-order valence-corrected chi connectivity index (χ4v) is 2.06. The van der Waals surface area contributed by atoms with Crippen LogP contribution in [-0.2, 0) is 9.53 Å². The van der Waals surface area contributed by atoms with E-state index in [0.29, 0.717) is 19.8 Å². The number of para-hydroxylation sites is 1. The van der Waals surface area contributed by atoms with Crippen molar-refractivity contribution in [2.45, 2.75) is 33.2 Å². The fourth-order valence-electron chi connectivity index (χ4n) is 2.06. The normalized spacial score (nSPS) is 12.2. The van der Waals surface area contributed by atoms with Gasteiger partial charge in [0.25, 0.3) is 0 Å². The Balaban J connectivity index is 2.85. The molecule has 1 atom stereocenters. The molecule has 1 aromatic rings. The van der Waals surface area contributed by atoms with E-state index in [1.807, 2.05) is 38.1 Å². The highest BCUT2D eigenvalue weighted by Crippen LogP contribution is 2.22. The molecule has 1 N–H and O–H groups in total. The molecule has 0 saturated carbocycles. The molecule has 1 aromatic carbocycles. The van der Waals surface area contributed by atoms with Crippen molar-refractivity contribution in [2.75, 3.05) is 24.7 Å². The molecule has 0 aliphatic rings. The average Bonchev–Trinajstić information content (AvgIpc) is 2.38. The van der Waals surface area contributed by atoms with Crippen LogP contribution in [0.5, 0.6) is 0 Å². The van der Waals surface area contributed by atoms with E-state index in [2.05, 4.69) is 11.8 Å². The fraction of sp³-hybridized carbons (Fsp3) is 0.533. The predicted molar refractivity (Wildman–Crippen MR) is 76.7 cm³/mol. The topological polar surface area (TPSA) is 49.8 Å². The third-order valence-electron chi connectivity index (χ3n) is 3.09. The summed E-state index contributed by atoms with van der Waals surface area (Å²) in [4.78, 5) is 12.9. The van der Waals surface area contributed by atoms with Crippen LogP contribution in [-0.4, -0.2) is 36.9 Å². The number of aliphatic carboxylic acids is 1. The van der Waals surface area contributed by atoms with Crippen molar-refractivity contribution in [2.24, 2.45) is 0 Å². The quantitative estimate of drug-likeness (QED) is 0.785. The number of ether oxygens (including phenoxy) is 1. The standard InChI is InChI=1S/C15H23NO3/c1-4-19-11-13(3)16(10-9-15(17)18)14-8-6-5-7-12(14)2/h5-8,13H,4,9-11H2,1-3H3,(H,17,18). The molecule has 0 aliphatic heterocycles. The lowest BCUT2D eigenvalue weighted by molar-refractivity contribution is -0.136. The Morgan fingerprint density at radius 3 is 2.68 bits per heavy atom. The van der Waals surface area contributed by atoms with Crippen LogP contribution < -0.4 is 4.90 Å². The van der Waals surface area contributed by atoms with Gasteiger partial charge in [-0.2, -0.15) is 0 Å². The summed E-state index contributed by atoms with van der Waals surface area (Å²) in [5, 5.41) is 8.88. The molecule has 4 nitrogen and oxygen atoms in total. The zero-order chi connectivity index (χ0) is 14.3. The Labute approximate surface area is 115 Å². The van der Waals surface area contributed by atoms with E-state index in [-0.39, 0.29) is 12.5 Å². The molecule has 106 valence electrons. The van der Waals surface area contributed by atoms with Gasteiger partial charge in [0, 0.05) is 24.9 Å². The molecule has 0 spiro atoms. The van der Waals surface area contributed by atoms with Crippen LogP contribution in [0.2, 0.25) is 0 Å². The summed E-state index contributed by atoms with van der Waals surface area (Å²) in [6.45, 7) is 7.83. The van der Waals surface area contributed by atoms with Gasteiger partial charge < -0.3 is 14.7 Å². The summed E-state index contributed by atoms with van der Waals surface area (Å²) in [5.41, 5.74) is 2.23. The van der Waals surface area contributed by atoms with Gasteiger partial charge in [0.15, 0.2) is 0 Å². The minimum atomic E-state index is -0.776.